The minimum atomic E-state index is -0.355. The minimum absolute atomic E-state index is 0. The molecule has 0 aliphatic rings. The average Bonchev–Trinajstić information content (AvgIpc) is 2.36. The molecule has 108 valence electrons. The van der Waals surface area contributed by atoms with Crippen LogP contribution in [0, 0.1) is 0 Å². The van der Waals surface area contributed by atoms with E-state index >= 15 is 0 Å². The molecule has 0 amide bonds. The number of nitrogens with one attached hydrogen (secondary N) is 1. The molecule has 0 aromatic heterocycles. The summed E-state index contributed by atoms with van der Waals surface area (Å²) in [5.74, 6) is 1.01. The molecule has 0 saturated carbocycles. The maximum atomic E-state index is 11.3. The second-order valence-corrected chi connectivity index (χ2v) is 4.14. The van der Waals surface area contributed by atoms with Crippen LogP contribution in [0.15, 0.2) is 24.3 Å². The van der Waals surface area contributed by atoms with Gasteiger partial charge in [-0.05, 0) is 24.3 Å². The summed E-state index contributed by atoms with van der Waals surface area (Å²) >= 11 is 0. The Kier molecular flexibility index (Phi) is 8.74. The first-order valence-corrected chi connectivity index (χ1v) is 5.83. The molecule has 0 aliphatic heterocycles. The summed E-state index contributed by atoms with van der Waals surface area (Å²) in [5, 5.41) is 0. The van der Waals surface area contributed by atoms with E-state index < -0.39 is 0 Å². The number of likely N-dealkylation sites (N-methyl/N-ethyl adjacent to an activating group) is 1. The number of hydrogen-bond acceptors (Lipinski definition) is 4. The monoisotopic (exact) mass is 289 g/mol. The van der Waals surface area contributed by atoms with Crippen molar-refractivity contribution in [2.24, 2.45) is 0 Å². The second-order valence-electron chi connectivity index (χ2n) is 4.14. The number of carbonyl (C=O) groups is 1. The van der Waals surface area contributed by atoms with E-state index in [-0.39, 0.29) is 25.0 Å². The van der Waals surface area contributed by atoms with Gasteiger partial charge < -0.3 is 31.5 Å². The Labute approximate surface area is 119 Å². The van der Waals surface area contributed by atoms with Crippen LogP contribution in [0.25, 0.3) is 0 Å². The van der Waals surface area contributed by atoms with Crippen LogP contribution >= 0.6 is 0 Å². The van der Waals surface area contributed by atoms with E-state index in [1.165, 1.54) is 4.90 Å². The fourth-order valence-electron chi connectivity index (χ4n) is 1.22. The fraction of sp³-hybridized carbons (Fsp3) is 0.462. The molecule has 0 atom stereocenters. The lowest BCUT2D eigenvalue weighted by atomic mass is 10.3. The molecule has 5 nitrogen and oxygen atoms in total. The number of halogens is 1. The van der Waals surface area contributed by atoms with Crippen molar-refractivity contribution in [1.82, 2.24) is 0 Å². The Hall–Kier alpha value is -1.46. The first kappa shape index (κ1) is 17.5. The summed E-state index contributed by atoms with van der Waals surface area (Å²) < 4.78 is 15.3. The van der Waals surface area contributed by atoms with Crippen molar-refractivity contribution in [1.29, 1.82) is 0 Å². The molecule has 0 radical (unpaired) electrons. The van der Waals surface area contributed by atoms with Crippen LogP contribution in [0.2, 0.25) is 0 Å². The zero-order chi connectivity index (χ0) is 13.4. The van der Waals surface area contributed by atoms with Crippen LogP contribution in [0.3, 0.4) is 0 Å². The van der Waals surface area contributed by atoms with Crippen LogP contribution in [0.5, 0.6) is 11.5 Å². The number of quaternary nitrogens is 1. The van der Waals surface area contributed by atoms with Crippen molar-refractivity contribution in [3.63, 3.8) is 0 Å². The summed E-state index contributed by atoms with van der Waals surface area (Å²) in [6.45, 7) is 1.12. The molecule has 0 saturated heterocycles. The van der Waals surface area contributed by atoms with Crippen molar-refractivity contribution in [3.8, 4) is 11.5 Å². The highest BCUT2D eigenvalue weighted by molar-refractivity contribution is 5.71. The SMILES string of the molecule is COc1ccc(OCC(=O)OCC[NH+](C)C)cc1.[Cl-]. The summed E-state index contributed by atoms with van der Waals surface area (Å²) in [7, 11) is 5.60. The van der Waals surface area contributed by atoms with E-state index in [0.717, 1.165) is 12.3 Å². The van der Waals surface area contributed by atoms with Gasteiger partial charge in [0.1, 0.15) is 24.7 Å². The highest BCUT2D eigenvalue weighted by Gasteiger charge is 2.05. The summed E-state index contributed by atoms with van der Waals surface area (Å²) in [5.41, 5.74) is 0. The smallest absolute Gasteiger partial charge is 0.344 e. The third-order valence-electron chi connectivity index (χ3n) is 2.28. The van der Waals surface area contributed by atoms with Crippen molar-refractivity contribution >= 4 is 5.97 Å². The Bertz CT molecular complexity index is 367. The lowest BCUT2D eigenvalue weighted by Crippen LogP contribution is -3.06. The molecule has 0 spiro atoms. The summed E-state index contributed by atoms with van der Waals surface area (Å²) in [4.78, 5) is 12.6. The molecule has 0 bridgehead atoms. The number of rotatable bonds is 7. The van der Waals surface area contributed by atoms with Gasteiger partial charge >= 0.3 is 5.97 Å². The predicted molar refractivity (Wildman–Crippen MR) is 67.1 cm³/mol. The van der Waals surface area contributed by atoms with Gasteiger partial charge in [0.05, 0.1) is 21.2 Å². The molecule has 0 fully saturated rings. The van der Waals surface area contributed by atoms with Crippen LogP contribution in [0.1, 0.15) is 0 Å². The molecule has 0 unspecified atom stereocenters. The highest BCUT2D eigenvalue weighted by Crippen LogP contribution is 2.16. The van der Waals surface area contributed by atoms with Crippen molar-refractivity contribution < 1.29 is 36.3 Å². The standard InChI is InChI=1S/C13H19NO4.ClH/c1-14(2)8-9-17-13(15)10-18-12-6-4-11(16-3)5-7-12;/h4-7H,8-10H2,1-3H3;1H. The Morgan fingerprint density at radius 1 is 1.16 bits per heavy atom. The van der Waals surface area contributed by atoms with Crippen LogP contribution in [0.4, 0.5) is 0 Å². The van der Waals surface area contributed by atoms with Gasteiger partial charge in [-0.1, -0.05) is 0 Å². The van der Waals surface area contributed by atoms with Gasteiger partial charge in [0.15, 0.2) is 6.61 Å². The van der Waals surface area contributed by atoms with Crippen molar-refractivity contribution in [2.45, 2.75) is 0 Å². The zero-order valence-corrected chi connectivity index (χ0v) is 12.2. The lowest BCUT2D eigenvalue weighted by molar-refractivity contribution is -0.858. The van der Waals surface area contributed by atoms with Crippen LogP contribution < -0.4 is 26.8 Å². The van der Waals surface area contributed by atoms with Gasteiger partial charge in [-0.15, -0.1) is 0 Å². The van der Waals surface area contributed by atoms with E-state index in [4.69, 9.17) is 14.2 Å². The van der Waals surface area contributed by atoms with E-state index in [9.17, 15) is 4.79 Å². The molecule has 0 heterocycles. The number of benzene rings is 1. The number of esters is 1. The van der Waals surface area contributed by atoms with Crippen molar-refractivity contribution in [3.05, 3.63) is 24.3 Å². The zero-order valence-electron chi connectivity index (χ0n) is 11.4. The minimum Gasteiger partial charge on any atom is -1.00 e. The predicted octanol–water partition coefficient (Wildman–Crippen LogP) is -3.23. The average molecular weight is 290 g/mol. The first-order valence-electron chi connectivity index (χ1n) is 5.83. The molecular formula is C13H20ClNO4. The molecule has 1 aromatic rings. The third kappa shape index (κ3) is 7.54. The third-order valence-corrected chi connectivity index (χ3v) is 2.28. The van der Waals surface area contributed by atoms with Crippen LogP contribution in [-0.4, -0.2) is 46.9 Å². The number of ether oxygens (including phenoxy) is 3. The maximum absolute atomic E-state index is 11.3. The first-order chi connectivity index (χ1) is 8.61. The number of methoxy groups -OCH3 is 1. The topological polar surface area (TPSA) is 49.2 Å². The van der Waals surface area contributed by atoms with Crippen molar-refractivity contribution in [2.75, 3.05) is 41.0 Å². The molecule has 19 heavy (non-hydrogen) atoms. The van der Waals surface area contributed by atoms with E-state index in [0.29, 0.717) is 12.4 Å². The lowest BCUT2D eigenvalue weighted by Gasteiger charge is -2.09. The van der Waals surface area contributed by atoms with Gasteiger partial charge in [0.2, 0.25) is 0 Å². The largest absolute Gasteiger partial charge is 1.00 e. The number of hydrogen-bond donors (Lipinski definition) is 1. The van der Waals surface area contributed by atoms with Gasteiger partial charge in [0.25, 0.3) is 0 Å². The molecule has 0 aliphatic carbocycles. The van der Waals surface area contributed by atoms with E-state index in [1.807, 2.05) is 14.1 Å². The van der Waals surface area contributed by atoms with E-state index in [1.54, 1.807) is 31.4 Å². The molecule has 6 heteroatoms. The molecule has 1 aromatic carbocycles. The van der Waals surface area contributed by atoms with Gasteiger partial charge in [-0.3, -0.25) is 0 Å². The van der Waals surface area contributed by atoms with Crippen LogP contribution in [-0.2, 0) is 9.53 Å². The Morgan fingerprint density at radius 3 is 2.26 bits per heavy atom. The summed E-state index contributed by atoms with van der Waals surface area (Å²) in [6.07, 6.45) is 0. The fourth-order valence-corrected chi connectivity index (χ4v) is 1.22. The second kappa shape index (κ2) is 9.47. The normalized spacial score (nSPS) is 9.68. The molecule has 1 rings (SSSR count). The van der Waals surface area contributed by atoms with Gasteiger partial charge in [0, 0.05) is 0 Å². The quantitative estimate of drug-likeness (QED) is 0.536. The maximum Gasteiger partial charge on any atom is 0.344 e. The van der Waals surface area contributed by atoms with Gasteiger partial charge in [-0.2, -0.15) is 0 Å². The van der Waals surface area contributed by atoms with Gasteiger partial charge in [-0.25, -0.2) is 4.79 Å². The number of carbonyl (C=O) groups excluding carboxylic acids is 1. The Balaban J connectivity index is 0.00000324. The molecular weight excluding hydrogens is 270 g/mol. The highest BCUT2D eigenvalue weighted by atomic mass is 35.5. The summed E-state index contributed by atoms with van der Waals surface area (Å²) in [6, 6.07) is 7.04. The van der Waals surface area contributed by atoms with E-state index in [2.05, 4.69) is 0 Å². The Morgan fingerprint density at radius 2 is 1.74 bits per heavy atom. The molecule has 1 N–H and O–H groups in total.